The van der Waals surface area contributed by atoms with E-state index < -0.39 is 26.7 Å². The van der Waals surface area contributed by atoms with Crippen molar-refractivity contribution >= 4 is 21.4 Å². The first kappa shape index (κ1) is 19.9. The standard InChI is InChI=1S/C17H21N5O5S/c1-12(2)8-20(14-5-6-28(26,27)9-14)17(23)13-3-4-15(16(7-13)22(24)25)21-11-18-10-19-21/h3-4,7,10-12,14H,5-6,8-9H2,1-2H3/t14-/m1/s1. The molecule has 0 aliphatic carbocycles. The maximum Gasteiger partial charge on any atom is 0.295 e. The molecule has 0 saturated carbocycles. The number of carbonyl (C=O) groups excluding carboxylic acids is 1. The summed E-state index contributed by atoms with van der Waals surface area (Å²) in [5.41, 5.74) is 0.0540. The van der Waals surface area contributed by atoms with Gasteiger partial charge < -0.3 is 4.90 Å². The summed E-state index contributed by atoms with van der Waals surface area (Å²) in [5, 5.41) is 15.4. The summed E-state index contributed by atoms with van der Waals surface area (Å²) < 4.78 is 25.0. The Balaban J connectivity index is 1.96. The average Bonchev–Trinajstić information content (AvgIpc) is 3.28. The lowest BCUT2D eigenvalue weighted by atomic mass is 10.1. The molecule has 1 aliphatic rings. The summed E-state index contributed by atoms with van der Waals surface area (Å²) in [7, 11) is -3.17. The van der Waals surface area contributed by atoms with Gasteiger partial charge in [-0.3, -0.25) is 14.9 Å². The zero-order chi connectivity index (χ0) is 20.5. The summed E-state index contributed by atoms with van der Waals surface area (Å²) in [6.07, 6.45) is 2.96. The van der Waals surface area contributed by atoms with Gasteiger partial charge in [-0.05, 0) is 24.5 Å². The van der Waals surface area contributed by atoms with Crippen LogP contribution in [0, 0.1) is 16.0 Å². The molecular formula is C17H21N5O5S. The van der Waals surface area contributed by atoms with Crippen molar-refractivity contribution in [3.8, 4) is 5.69 Å². The smallest absolute Gasteiger partial charge is 0.295 e. The van der Waals surface area contributed by atoms with E-state index in [4.69, 9.17) is 0 Å². The van der Waals surface area contributed by atoms with Crippen molar-refractivity contribution < 1.29 is 18.1 Å². The molecule has 11 heteroatoms. The molecule has 0 N–H and O–H groups in total. The van der Waals surface area contributed by atoms with Crippen LogP contribution in [0.4, 0.5) is 5.69 Å². The third kappa shape index (κ3) is 4.19. The van der Waals surface area contributed by atoms with E-state index in [2.05, 4.69) is 10.1 Å². The number of carbonyl (C=O) groups is 1. The Morgan fingerprint density at radius 1 is 1.43 bits per heavy atom. The molecule has 1 aromatic heterocycles. The minimum atomic E-state index is -3.17. The van der Waals surface area contributed by atoms with E-state index in [1.54, 1.807) is 0 Å². The lowest BCUT2D eigenvalue weighted by Crippen LogP contribution is -2.43. The van der Waals surface area contributed by atoms with Crippen molar-refractivity contribution in [3.05, 3.63) is 46.5 Å². The molecule has 1 saturated heterocycles. The maximum atomic E-state index is 13.1. The zero-order valence-electron chi connectivity index (χ0n) is 15.6. The predicted molar refractivity (Wildman–Crippen MR) is 101 cm³/mol. The number of nitro benzene ring substituents is 1. The summed E-state index contributed by atoms with van der Waals surface area (Å²) in [5.74, 6) is -0.323. The highest BCUT2D eigenvalue weighted by molar-refractivity contribution is 7.91. The van der Waals surface area contributed by atoms with Crippen LogP contribution >= 0.6 is 0 Å². The number of amides is 1. The van der Waals surface area contributed by atoms with E-state index in [1.165, 1.54) is 40.4 Å². The molecular weight excluding hydrogens is 386 g/mol. The summed E-state index contributed by atoms with van der Waals surface area (Å²) in [6, 6.07) is 3.71. The van der Waals surface area contributed by atoms with Crippen molar-refractivity contribution in [1.82, 2.24) is 19.7 Å². The lowest BCUT2D eigenvalue weighted by molar-refractivity contribution is -0.384. The molecule has 10 nitrogen and oxygen atoms in total. The van der Waals surface area contributed by atoms with Gasteiger partial charge in [0.1, 0.15) is 18.3 Å². The van der Waals surface area contributed by atoms with E-state index in [1.807, 2.05) is 13.8 Å². The van der Waals surface area contributed by atoms with Crippen LogP contribution in [0.2, 0.25) is 0 Å². The molecule has 0 bridgehead atoms. The highest BCUT2D eigenvalue weighted by Gasteiger charge is 2.35. The summed E-state index contributed by atoms with van der Waals surface area (Å²) in [4.78, 5) is 29.4. The molecule has 0 radical (unpaired) electrons. The second-order valence-corrected chi connectivity index (χ2v) is 9.44. The topological polar surface area (TPSA) is 128 Å². The second kappa shape index (κ2) is 7.66. The van der Waals surface area contributed by atoms with Crippen molar-refractivity contribution in [2.75, 3.05) is 18.1 Å². The summed E-state index contributed by atoms with van der Waals surface area (Å²) >= 11 is 0. The van der Waals surface area contributed by atoms with Crippen LogP contribution in [0.1, 0.15) is 30.6 Å². The van der Waals surface area contributed by atoms with E-state index in [0.717, 1.165) is 0 Å². The fraction of sp³-hybridized carbons (Fsp3) is 0.471. The van der Waals surface area contributed by atoms with Crippen LogP contribution < -0.4 is 0 Å². The SMILES string of the molecule is CC(C)CN(C(=O)c1ccc(-n2cncn2)c([N+](=O)[O-])c1)[C@@H]1CCS(=O)(=O)C1. The maximum absolute atomic E-state index is 13.1. The quantitative estimate of drug-likeness (QED) is 0.524. The van der Waals surface area contributed by atoms with Gasteiger partial charge in [-0.25, -0.2) is 18.1 Å². The molecule has 1 aromatic carbocycles. The molecule has 1 atom stereocenters. The number of hydrogen-bond donors (Lipinski definition) is 0. The van der Waals surface area contributed by atoms with E-state index in [-0.39, 0.29) is 34.4 Å². The fourth-order valence-electron chi connectivity index (χ4n) is 3.31. The third-order valence-corrected chi connectivity index (χ3v) is 6.31. The van der Waals surface area contributed by atoms with Crippen molar-refractivity contribution in [2.24, 2.45) is 5.92 Å². The number of rotatable bonds is 6. The van der Waals surface area contributed by atoms with Crippen LogP contribution in [-0.4, -0.2) is 63.0 Å². The minimum absolute atomic E-state index is 0.0466. The van der Waals surface area contributed by atoms with Gasteiger partial charge in [0.2, 0.25) is 0 Å². The Hall–Kier alpha value is -2.82. The van der Waals surface area contributed by atoms with Crippen molar-refractivity contribution in [1.29, 1.82) is 0 Å². The molecule has 0 spiro atoms. The van der Waals surface area contributed by atoms with Gasteiger partial charge in [-0.2, -0.15) is 5.10 Å². The lowest BCUT2D eigenvalue weighted by Gasteiger charge is -2.30. The van der Waals surface area contributed by atoms with Gasteiger partial charge in [0.25, 0.3) is 11.6 Å². The minimum Gasteiger partial charge on any atom is -0.334 e. The molecule has 2 aromatic rings. The Morgan fingerprint density at radius 2 is 2.18 bits per heavy atom. The Kier molecular flexibility index (Phi) is 5.45. The van der Waals surface area contributed by atoms with Gasteiger partial charge in [-0.1, -0.05) is 13.8 Å². The number of aromatic nitrogens is 3. The highest BCUT2D eigenvalue weighted by atomic mass is 32.2. The Morgan fingerprint density at radius 3 is 2.71 bits per heavy atom. The van der Waals surface area contributed by atoms with E-state index in [0.29, 0.717) is 13.0 Å². The Labute approximate surface area is 162 Å². The van der Waals surface area contributed by atoms with E-state index in [9.17, 15) is 23.3 Å². The van der Waals surface area contributed by atoms with Crippen LogP contribution in [0.25, 0.3) is 5.69 Å². The molecule has 1 fully saturated rings. The number of nitro groups is 1. The normalized spacial score (nSPS) is 18.3. The molecule has 3 rings (SSSR count). The molecule has 2 heterocycles. The Bertz CT molecular complexity index is 987. The first-order chi connectivity index (χ1) is 13.2. The van der Waals surface area contributed by atoms with Gasteiger partial charge in [0, 0.05) is 24.2 Å². The monoisotopic (exact) mass is 407 g/mol. The second-order valence-electron chi connectivity index (χ2n) is 7.21. The van der Waals surface area contributed by atoms with Crippen LogP contribution in [0.15, 0.2) is 30.9 Å². The fourth-order valence-corrected chi connectivity index (χ4v) is 5.04. The van der Waals surface area contributed by atoms with Crippen LogP contribution in [0.5, 0.6) is 0 Å². The third-order valence-electron chi connectivity index (χ3n) is 4.56. The van der Waals surface area contributed by atoms with E-state index >= 15 is 0 Å². The molecule has 1 amide bonds. The number of nitrogens with zero attached hydrogens (tertiary/aromatic N) is 5. The number of hydrogen-bond acceptors (Lipinski definition) is 7. The zero-order valence-corrected chi connectivity index (χ0v) is 16.4. The average molecular weight is 407 g/mol. The molecule has 0 unspecified atom stereocenters. The van der Waals surface area contributed by atoms with Gasteiger partial charge in [0.05, 0.1) is 16.4 Å². The summed E-state index contributed by atoms with van der Waals surface area (Å²) in [6.45, 7) is 4.23. The molecule has 28 heavy (non-hydrogen) atoms. The van der Waals surface area contributed by atoms with Crippen LogP contribution in [-0.2, 0) is 9.84 Å². The molecule has 150 valence electrons. The van der Waals surface area contributed by atoms with Gasteiger partial charge >= 0.3 is 0 Å². The first-order valence-corrected chi connectivity index (χ1v) is 10.6. The van der Waals surface area contributed by atoms with Crippen molar-refractivity contribution in [2.45, 2.75) is 26.3 Å². The van der Waals surface area contributed by atoms with Gasteiger partial charge in [-0.15, -0.1) is 0 Å². The predicted octanol–water partition coefficient (Wildman–Crippen LogP) is 1.46. The van der Waals surface area contributed by atoms with Crippen LogP contribution in [0.3, 0.4) is 0 Å². The molecule has 1 aliphatic heterocycles. The van der Waals surface area contributed by atoms with Crippen molar-refractivity contribution in [3.63, 3.8) is 0 Å². The largest absolute Gasteiger partial charge is 0.334 e. The van der Waals surface area contributed by atoms with Gasteiger partial charge in [0.15, 0.2) is 9.84 Å². The number of sulfone groups is 1. The first-order valence-electron chi connectivity index (χ1n) is 8.83. The number of benzene rings is 1. The highest BCUT2D eigenvalue weighted by Crippen LogP contribution is 2.26.